The zero-order valence-corrected chi connectivity index (χ0v) is 12.6. The van der Waals surface area contributed by atoms with Crippen LogP contribution >= 0.6 is 11.8 Å². The van der Waals surface area contributed by atoms with Crippen molar-refractivity contribution in [2.75, 3.05) is 23.8 Å². The summed E-state index contributed by atoms with van der Waals surface area (Å²) in [6, 6.07) is 7.67. The zero-order chi connectivity index (χ0) is 14.0. The molecule has 2 saturated heterocycles. The molecule has 3 N–H and O–H groups in total. The van der Waals surface area contributed by atoms with Gasteiger partial charge in [-0.15, -0.1) is 0 Å². The molecule has 110 valence electrons. The number of anilines is 1. The summed E-state index contributed by atoms with van der Waals surface area (Å²) in [6.45, 7) is 0.763. The smallest absolute Gasteiger partial charge is 0.0839 e. The first kappa shape index (κ1) is 14.2. The van der Waals surface area contributed by atoms with Crippen molar-refractivity contribution in [3.8, 4) is 0 Å². The molecular formula is C16H23NO2S. The molecule has 0 bridgehead atoms. The van der Waals surface area contributed by atoms with E-state index in [2.05, 4.69) is 0 Å². The van der Waals surface area contributed by atoms with Crippen LogP contribution in [0, 0.1) is 5.92 Å². The lowest BCUT2D eigenvalue weighted by Crippen LogP contribution is -2.44. The van der Waals surface area contributed by atoms with E-state index in [1.807, 2.05) is 36.0 Å². The highest BCUT2D eigenvalue weighted by atomic mass is 32.2. The molecule has 0 amide bonds. The van der Waals surface area contributed by atoms with Crippen LogP contribution in [0.5, 0.6) is 0 Å². The number of benzene rings is 1. The van der Waals surface area contributed by atoms with Crippen LogP contribution < -0.4 is 5.73 Å². The van der Waals surface area contributed by atoms with Gasteiger partial charge >= 0.3 is 0 Å². The summed E-state index contributed by atoms with van der Waals surface area (Å²) in [4.78, 5) is 0. The number of aliphatic hydroxyl groups excluding tert-OH is 1. The monoisotopic (exact) mass is 293 g/mol. The minimum atomic E-state index is -0.466. The Hall–Kier alpha value is -0.710. The van der Waals surface area contributed by atoms with Gasteiger partial charge in [-0.05, 0) is 49.2 Å². The molecule has 3 rings (SSSR count). The molecule has 2 heterocycles. The third-order valence-corrected chi connectivity index (χ3v) is 5.68. The first-order chi connectivity index (χ1) is 9.70. The van der Waals surface area contributed by atoms with Gasteiger partial charge in [0.2, 0.25) is 0 Å². The maximum atomic E-state index is 10.7. The summed E-state index contributed by atoms with van der Waals surface area (Å²) >= 11 is 2.01. The molecule has 2 aliphatic rings. The SMILES string of the molecule is Nc1ccccc1C(O)C1CCOC2(CCSCC2)C1. The summed E-state index contributed by atoms with van der Waals surface area (Å²) in [6.07, 6.45) is 3.65. The number of hydrogen-bond donors (Lipinski definition) is 2. The predicted octanol–water partition coefficient (Wildman–Crippen LogP) is 2.99. The summed E-state index contributed by atoms with van der Waals surface area (Å²) in [5, 5.41) is 10.7. The van der Waals surface area contributed by atoms with Crippen LogP contribution in [0.2, 0.25) is 0 Å². The number of nitrogen functional groups attached to an aromatic ring is 1. The van der Waals surface area contributed by atoms with Gasteiger partial charge in [0.25, 0.3) is 0 Å². The molecule has 0 saturated carbocycles. The Kier molecular flexibility index (Phi) is 4.24. The lowest BCUT2D eigenvalue weighted by atomic mass is 9.78. The fraction of sp³-hybridized carbons (Fsp3) is 0.625. The Bertz CT molecular complexity index is 454. The van der Waals surface area contributed by atoms with Gasteiger partial charge in [-0.2, -0.15) is 11.8 Å². The van der Waals surface area contributed by atoms with Crippen molar-refractivity contribution in [1.29, 1.82) is 0 Å². The van der Waals surface area contributed by atoms with Crippen LogP contribution in [0.4, 0.5) is 5.69 Å². The van der Waals surface area contributed by atoms with E-state index in [0.717, 1.165) is 37.9 Å². The van der Waals surface area contributed by atoms with E-state index >= 15 is 0 Å². The molecule has 0 aliphatic carbocycles. The third kappa shape index (κ3) is 2.83. The molecule has 3 nitrogen and oxygen atoms in total. The standard InChI is InChI=1S/C16H23NO2S/c17-14-4-2-1-3-13(14)15(18)12-5-8-19-16(11-12)6-9-20-10-7-16/h1-4,12,15,18H,5-11,17H2. The normalized spacial score (nSPS) is 27.4. The van der Waals surface area contributed by atoms with Crippen molar-refractivity contribution in [3.05, 3.63) is 29.8 Å². The van der Waals surface area contributed by atoms with Crippen molar-refractivity contribution in [1.82, 2.24) is 0 Å². The number of para-hydroxylation sites is 1. The quantitative estimate of drug-likeness (QED) is 0.823. The van der Waals surface area contributed by atoms with Crippen LogP contribution in [0.3, 0.4) is 0 Å². The minimum Gasteiger partial charge on any atom is -0.398 e. The predicted molar refractivity (Wildman–Crippen MR) is 83.8 cm³/mol. The highest BCUT2D eigenvalue weighted by molar-refractivity contribution is 7.99. The highest BCUT2D eigenvalue weighted by Crippen LogP contribution is 2.44. The summed E-state index contributed by atoms with van der Waals surface area (Å²) < 4.78 is 6.10. The van der Waals surface area contributed by atoms with Gasteiger partial charge in [0, 0.05) is 17.9 Å². The van der Waals surface area contributed by atoms with Crippen molar-refractivity contribution in [3.63, 3.8) is 0 Å². The fourth-order valence-electron chi connectivity index (χ4n) is 3.46. The Balaban J connectivity index is 1.75. The number of thioether (sulfide) groups is 1. The van der Waals surface area contributed by atoms with Gasteiger partial charge in [-0.1, -0.05) is 18.2 Å². The Morgan fingerprint density at radius 2 is 2.05 bits per heavy atom. The number of rotatable bonds is 2. The molecule has 2 aliphatic heterocycles. The van der Waals surface area contributed by atoms with E-state index in [0.29, 0.717) is 5.69 Å². The second kappa shape index (κ2) is 5.96. The molecule has 4 heteroatoms. The molecule has 2 unspecified atom stereocenters. The molecule has 1 spiro atoms. The largest absolute Gasteiger partial charge is 0.398 e. The van der Waals surface area contributed by atoms with Gasteiger partial charge in [0.05, 0.1) is 11.7 Å². The number of ether oxygens (including phenoxy) is 1. The van der Waals surface area contributed by atoms with Gasteiger partial charge in [0.15, 0.2) is 0 Å². The van der Waals surface area contributed by atoms with Gasteiger partial charge in [-0.25, -0.2) is 0 Å². The first-order valence-corrected chi connectivity index (χ1v) is 8.60. The summed E-state index contributed by atoms with van der Waals surface area (Å²) in [5.74, 6) is 2.61. The Labute approximate surface area is 124 Å². The van der Waals surface area contributed by atoms with Crippen LogP contribution in [0.15, 0.2) is 24.3 Å². The lowest BCUT2D eigenvalue weighted by molar-refractivity contribution is -0.121. The Morgan fingerprint density at radius 3 is 2.80 bits per heavy atom. The molecule has 2 fully saturated rings. The molecule has 0 radical (unpaired) electrons. The van der Waals surface area contributed by atoms with Crippen LogP contribution in [-0.2, 0) is 4.74 Å². The van der Waals surface area contributed by atoms with Crippen molar-refractivity contribution >= 4 is 17.4 Å². The van der Waals surface area contributed by atoms with Crippen molar-refractivity contribution in [2.45, 2.75) is 37.4 Å². The maximum absolute atomic E-state index is 10.7. The molecule has 1 aromatic carbocycles. The number of aliphatic hydroxyl groups is 1. The maximum Gasteiger partial charge on any atom is 0.0839 e. The average molecular weight is 293 g/mol. The third-order valence-electron chi connectivity index (χ3n) is 4.70. The van der Waals surface area contributed by atoms with E-state index < -0.39 is 6.10 Å². The molecule has 2 atom stereocenters. The second-order valence-corrected chi connectivity index (χ2v) is 7.20. The average Bonchev–Trinajstić information content (AvgIpc) is 2.48. The first-order valence-electron chi connectivity index (χ1n) is 7.44. The van der Waals surface area contributed by atoms with Gasteiger partial charge in [-0.3, -0.25) is 0 Å². The van der Waals surface area contributed by atoms with Crippen molar-refractivity contribution in [2.24, 2.45) is 5.92 Å². The van der Waals surface area contributed by atoms with E-state index in [-0.39, 0.29) is 11.5 Å². The number of hydrogen-bond acceptors (Lipinski definition) is 4. The fourth-order valence-corrected chi connectivity index (χ4v) is 4.70. The molecule has 0 aromatic heterocycles. The minimum absolute atomic E-state index is 0.0126. The Morgan fingerprint density at radius 1 is 1.30 bits per heavy atom. The topological polar surface area (TPSA) is 55.5 Å². The van der Waals surface area contributed by atoms with Gasteiger partial charge in [0.1, 0.15) is 0 Å². The number of nitrogens with two attached hydrogens (primary N) is 1. The second-order valence-electron chi connectivity index (χ2n) is 5.97. The highest BCUT2D eigenvalue weighted by Gasteiger charge is 2.41. The van der Waals surface area contributed by atoms with Crippen molar-refractivity contribution < 1.29 is 9.84 Å². The molecular weight excluding hydrogens is 270 g/mol. The van der Waals surface area contributed by atoms with E-state index in [9.17, 15) is 5.11 Å². The van der Waals surface area contributed by atoms with E-state index in [4.69, 9.17) is 10.5 Å². The van der Waals surface area contributed by atoms with E-state index in [1.54, 1.807) is 0 Å². The van der Waals surface area contributed by atoms with E-state index in [1.165, 1.54) is 11.5 Å². The molecule has 1 aromatic rings. The summed E-state index contributed by atoms with van der Waals surface area (Å²) in [5.41, 5.74) is 7.59. The lowest BCUT2D eigenvalue weighted by Gasteiger charge is -2.44. The van der Waals surface area contributed by atoms with Crippen LogP contribution in [-0.4, -0.2) is 28.8 Å². The van der Waals surface area contributed by atoms with Crippen LogP contribution in [0.25, 0.3) is 0 Å². The van der Waals surface area contributed by atoms with Crippen LogP contribution in [0.1, 0.15) is 37.4 Å². The van der Waals surface area contributed by atoms with Gasteiger partial charge < -0.3 is 15.6 Å². The molecule has 20 heavy (non-hydrogen) atoms. The zero-order valence-electron chi connectivity index (χ0n) is 11.8. The summed E-state index contributed by atoms with van der Waals surface area (Å²) in [7, 11) is 0.